The molecule has 0 bridgehead atoms. The molecule has 2 rings (SSSR count). The van der Waals surface area contributed by atoms with Crippen molar-refractivity contribution in [2.24, 2.45) is 5.73 Å². The summed E-state index contributed by atoms with van der Waals surface area (Å²) in [7, 11) is -3.52. The van der Waals surface area contributed by atoms with E-state index in [1.54, 1.807) is 37.3 Å². The topological polar surface area (TPSA) is 93.4 Å². The molecule has 0 aliphatic heterocycles. The number of hydrogen-bond donors (Lipinski definition) is 1. The molecule has 1 aromatic carbocycles. The Morgan fingerprint density at radius 1 is 1.28 bits per heavy atom. The lowest BCUT2D eigenvalue weighted by molar-refractivity contribution is 0.100. The van der Waals surface area contributed by atoms with Crippen molar-refractivity contribution in [2.75, 3.05) is 16.6 Å². The van der Waals surface area contributed by atoms with Gasteiger partial charge in [0.25, 0.3) is 0 Å². The third kappa shape index (κ3) is 4.56. The number of carbonyl (C=O) groups is 1. The monoisotopic (exact) mass is 381 g/mol. The van der Waals surface area contributed by atoms with Crippen LogP contribution in [-0.2, 0) is 16.6 Å². The van der Waals surface area contributed by atoms with Crippen molar-refractivity contribution in [2.45, 2.75) is 20.4 Å². The van der Waals surface area contributed by atoms with E-state index in [2.05, 4.69) is 4.98 Å². The number of rotatable bonds is 7. The lowest BCUT2D eigenvalue weighted by Crippen LogP contribution is -2.32. The van der Waals surface area contributed by atoms with Gasteiger partial charge in [0.15, 0.2) is 5.78 Å². The van der Waals surface area contributed by atoms with Gasteiger partial charge in [-0.15, -0.1) is 0 Å². The number of halogens is 1. The Balaban J connectivity index is 2.37. The lowest BCUT2D eigenvalue weighted by Gasteiger charge is -2.24. The molecule has 0 amide bonds. The molecule has 2 N–H and O–H groups in total. The number of sulfonamides is 1. The summed E-state index contributed by atoms with van der Waals surface area (Å²) in [4.78, 5) is 15.7. The molecule has 1 aromatic heterocycles. The Kier molecular flexibility index (Phi) is 6.16. The van der Waals surface area contributed by atoms with Crippen LogP contribution < -0.4 is 10.0 Å². The molecule has 6 nitrogen and oxygen atoms in total. The number of aromatic nitrogens is 1. The van der Waals surface area contributed by atoms with Crippen LogP contribution in [0.25, 0.3) is 0 Å². The van der Waals surface area contributed by atoms with Crippen LogP contribution in [0.5, 0.6) is 0 Å². The van der Waals surface area contributed by atoms with E-state index in [1.807, 2.05) is 6.92 Å². The minimum absolute atomic E-state index is 0.0483. The molecule has 2 aromatic rings. The first-order valence-electron chi connectivity index (χ1n) is 7.73. The average molecular weight is 382 g/mol. The summed E-state index contributed by atoms with van der Waals surface area (Å²) in [6, 6.07) is 8.32. The van der Waals surface area contributed by atoms with E-state index in [9.17, 15) is 13.2 Å². The maximum atomic E-state index is 12.5. The van der Waals surface area contributed by atoms with Crippen molar-refractivity contribution in [1.29, 1.82) is 0 Å². The van der Waals surface area contributed by atoms with Crippen molar-refractivity contribution < 1.29 is 13.2 Å². The average Bonchev–Trinajstić information content (AvgIpc) is 2.61. The molecule has 0 radical (unpaired) electrons. The maximum absolute atomic E-state index is 12.5. The number of aryl methyl sites for hydroxylation is 1. The fraction of sp³-hybridized carbons (Fsp3) is 0.294. The summed E-state index contributed by atoms with van der Waals surface area (Å²) in [5.74, 6) is -0.273. The van der Waals surface area contributed by atoms with Gasteiger partial charge >= 0.3 is 0 Å². The molecule has 0 saturated carbocycles. The number of hydrogen-bond acceptors (Lipinski definition) is 5. The van der Waals surface area contributed by atoms with Crippen LogP contribution in [0.15, 0.2) is 36.5 Å². The molecular formula is C17H20ClN3O3S. The van der Waals surface area contributed by atoms with Crippen molar-refractivity contribution in [1.82, 2.24) is 4.98 Å². The fourth-order valence-electron chi connectivity index (χ4n) is 2.19. The van der Waals surface area contributed by atoms with E-state index < -0.39 is 10.0 Å². The van der Waals surface area contributed by atoms with E-state index in [0.717, 1.165) is 5.56 Å². The first-order chi connectivity index (χ1) is 11.8. The van der Waals surface area contributed by atoms with Crippen LogP contribution in [0.2, 0.25) is 5.02 Å². The third-order valence-corrected chi connectivity index (χ3v) is 5.93. The second-order valence-electron chi connectivity index (χ2n) is 5.51. The molecule has 0 fully saturated rings. The predicted octanol–water partition coefficient (Wildman–Crippen LogP) is 2.54. The van der Waals surface area contributed by atoms with E-state index in [0.29, 0.717) is 22.0 Å². The quantitative estimate of drug-likeness (QED) is 0.744. The largest absolute Gasteiger partial charge is 0.324 e. The highest BCUT2D eigenvalue weighted by molar-refractivity contribution is 7.92. The van der Waals surface area contributed by atoms with Crippen LogP contribution in [0.4, 0.5) is 5.69 Å². The van der Waals surface area contributed by atoms with Crippen LogP contribution in [-0.4, -0.2) is 31.5 Å². The highest BCUT2D eigenvalue weighted by Crippen LogP contribution is 2.26. The van der Waals surface area contributed by atoms with Gasteiger partial charge in [0, 0.05) is 16.8 Å². The zero-order valence-electron chi connectivity index (χ0n) is 14.1. The SMILES string of the molecule is CCS(=O)(=O)N(Cc1ccc(C(=O)CN)cn1)c1ccc(C)c(Cl)c1. The molecule has 0 aliphatic carbocycles. The first kappa shape index (κ1) is 19.4. The summed E-state index contributed by atoms with van der Waals surface area (Å²) in [5, 5.41) is 0.491. The highest BCUT2D eigenvalue weighted by atomic mass is 35.5. The summed E-state index contributed by atoms with van der Waals surface area (Å²) >= 11 is 6.14. The van der Waals surface area contributed by atoms with Crippen LogP contribution in [0.1, 0.15) is 28.5 Å². The normalized spacial score (nSPS) is 11.4. The second-order valence-corrected chi connectivity index (χ2v) is 8.10. The van der Waals surface area contributed by atoms with Gasteiger partial charge in [-0.2, -0.15) is 0 Å². The van der Waals surface area contributed by atoms with E-state index >= 15 is 0 Å². The molecule has 0 unspecified atom stereocenters. The highest BCUT2D eigenvalue weighted by Gasteiger charge is 2.22. The summed E-state index contributed by atoms with van der Waals surface area (Å²) < 4.78 is 26.3. The Bertz CT molecular complexity index is 867. The molecule has 25 heavy (non-hydrogen) atoms. The number of benzene rings is 1. The van der Waals surface area contributed by atoms with Gasteiger partial charge < -0.3 is 5.73 Å². The van der Waals surface area contributed by atoms with Gasteiger partial charge in [0.1, 0.15) is 0 Å². The Labute approximate surface area is 152 Å². The molecule has 8 heteroatoms. The fourth-order valence-corrected chi connectivity index (χ4v) is 3.44. The van der Waals surface area contributed by atoms with Crippen LogP contribution in [0.3, 0.4) is 0 Å². The third-order valence-electron chi connectivity index (χ3n) is 3.78. The zero-order chi connectivity index (χ0) is 18.6. The van der Waals surface area contributed by atoms with Gasteiger partial charge in [0.2, 0.25) is 10.0 Å². The molecule has 0 saturated heterocycles. The zero-order valence-corrected chi connectivity index (χ0v) is 15.6. The second kappa shape index (κ2) is 7.95. The number of anilines is 1. The summed E-state index contributed by atoms with van der Waals surface area (Å²) in [5.41, 5.74) is 7.57. The Morgan fingerprint density at radius 2 is 2.00 bits per heavy atom. The molecule has 134 valence electrons. The number of ketones is 1. The molecule has 0 atom stereocenters. The van der Waals surface area contributed by atoms with Crippen molar-refractivity contribution in [3.8, 4) is 0 Å². The van der Waals surface area contributed by atoms with Crippen molar-refractivity contribution in [3.05, 3.63) is 58.4 Å². The Morgan fingerprint density at radius 3 is 2.52 bits per heavy atom. The van der Waals surface area contributed by atoms with Crippen LogP contribution in [0, 0.1) is 6.92 Å². The number of pyridine rings is 1. The minimum atomic E-state index is -3.52. The molecule has 1 heterocycles. The van der Waals surface area contributed by atoms with Crippen molar-refractivity contribution >= 4 is 33.1 Å². The van der Waals surface area contributed by atoms with Gasteiger partial charge in [-0.1, -0.05) is 17.7 Å². The van der Waals surface area contributed by atoms with Gasteiger partial charge in [0.05, 0.1) is 30.2 Å². The lowest BCUT2D eigenvalue weighted by atomic mass is 10.2. The van der Waals surface area contributed by atoms with Gasteiger partial charge in [-0.05, 0) is 43.7 Å². The minimum Gasteiger partial charge on any atom is -0.324 e. The summed E-state index contributed by atoms with van der Waals surface area (Å²) in [6.45, 7) is 3.37. The predicted molar refractivity (Wildman–Crippen MR) is 99.5 cm³/mol. The van der Waals surface area contributed by atoms with Gasteiger partial charge in [-0.3, -0.25) is 14.1 Å². The van der Waals surface area contributed by atoms with Crippen LogP contribution >= 0.6 is 11.6 Å². The van der Waals surface area contributed by atoms with E-state index in [-0.39, 0.29) is 24.6 Å². The first-order valence-corrected chi connectivity index (χ1v) is 9.72. The molecule has 0 aliphatic rings. The standard InChI is InChI=1S/C17H20ClN3O3S/c1-3-25(23,24)21(15-7-4-12(2)16(18)8-15)11-14-6-5-13(10-20-14)17(22)9-19/h4-8,10H,3,9,11,19H2,1-2H3. The van der Waals surface area contributed by atoms with Gasteiger partial charge in [-0.25, -0.2) is 8.42 Å². The number of Topliss-reactive ketones (excluding diaryl/α,β-unsaturated/α-hetero) is 1. The molecular weight excluding hydrogens is 362 g/mol. The van der Waals surface area contributed by atoms with E-state index in [1.165, 1.54) is 10.5 Å². The van der Waals surface area contributed by atoms with Crippen molar-refractivity contribution in [3.63, 3.8) is 0 Å². The summed E-state index contributed by atoms with van der Waals surface area (Å²) in [6.07, 6.45) is 1.41. The number of nitrogens with two attached hydrogens (primary N) is 1. The smallest absolute Gasteiger partial charge is 0.235 e. The number of carbonyl (C=O) groups excluding carboxylic acids is 1. The molecule has 0 spiro atoms. The van der Waals surface area contributed by atoms with E-state index in [4.69, 9.17) is 17.3 Å². The Hall–Kier alpha value is -1.96. The number of nitrogens with zero attached hydrogens (tertiary/aromatic N) is 2. The maximum Gasteiger partial charge on any atom is 0.235 e.